The third-order valence-electron chi connectivity index (χ3n) is 16.1. The van der Waals surface area contributed by atoms with Crippen LogP contribution in [0, 0.1) is 0 Å². The zero-order chi connectivity index (χ0) is 49.8. The highest BCUT2D eigenvalue weighted by atomic mass is 15.1. The van der Waals surface area contributed by atoms with E-state index in [1.165, 1.54) is 89.0 Å². The molecule has 0 fully saturated rings. The first-order valence-electron chi connectivity index (χ1n) is 26.1. The van der Waals surface area contributed by atoms with Crippen molar-refractivity contribution in [3.05, 3.63) is 354 Å². The van der Waals surface area contributed by atoms with Crippen LogP contribution < -0.4 is 4.90 Å². The molecule has 12 aromatic carbocycles. The quantitative estimate of drug-likeness (QED) is 0.132. The van der Waals surface area contributed by atoms with E-state index in [0.717, 1.165) is 28.2 Å². The van der Waals surface area contributed by atoms with E-state index < -0.39 is 10.8 Å². The molecule has 0 aromatic heterocycles. The Bertz CT molecular complexity index is 3950. The van der Waals surface area contributed by atoms with Crippen LogP contribution in [0.25, 0.3) is 55.6 Å². The number of nitrogens with zero attached hydrogens (tertiary/aromatic N) is 1. The second-order valence-corrected chi connectivity index (χ2v) is 19.9. The summed E-state index contributed by atoms with van der Waals surface area (Å²) in [6.07, 6.45) is 0. The van der Waals surface area contributed by atoms with Crippen LogP contribution in [0.3, 0.4) is 0 Å². The normalized spacial score (nSPS) is 13.3. The maximum Gasteiger partial charge on any atom is 0.0713 e. The van der Waals surface area contributed by atoms with Crippen LogP contribution in [0.15, 0.2) is 309 Å². The van der Waals surface area contributed by atoms with Crippen LogP contribution in [0.2, 0.25) is 0 Å². The van der Waals surface area contributed by atoms with Crippen molar-refractivity contribution in [1.82, 2.24) is 0 Å². The predicted octanol–water partition coefficient (Wildman–Crippen LogP) is 18.9. The van der Waals surface area contributed by atoms with Crippen LogP contribution in [-0.2, 0) is 10.8 Å². The number of fused-ring (bicyclic) bond motifs is 6. The smallest absolute Gasteiger partial charge is 0.0713 e. The van der Waals surface area contributed by atoms with Gasteiger partial charge in [0.2, 0.25) is 0 Å². The van der Waals surface area contributed by atoms with Gasteiger partial charge in [0.05, 0.1) is 16.5 Å². The lowest BCUT2D eigenvalue weighted by Gasteiger charge is -2.34. The molecule has 0 saturated carbocycles. The third-order valence-corrected chi connectivity index (χ3v) is 16.1. The SMILES string of the molecule is c1ccc(-c2ccccc2-c2ccccc2N(c2ccc(-c3ccc4c(c3)C(c3ccccc3)(c3ccccc3)c3ccccc3-4)cc2)c2ccc3c(c2)-c2ccccc2C3(c2ccccc2)c2ccccc2)cc1. The van der Waals surface area contributed by atoms with Crippen molar-refractivity contribution in [2.75, 3.05) is 4.90 Å². The van der Waals surface area contributed by atoms with Crippen LogP contribution in [-0.4, -0.2) is 0 Å². The zero-order valence-electron chi connectivity index (χ0n) is 41.4. The van der Waals surface area contributed by atoms with Crippen molar-refractivity contribution in [3.63, 3.8) is 0 Å². The zero-order valence-corrected chi connectivity index (χ0v) is 41.4. The van der Waals surface area contributed by atoms with Crippen LogP contribution in [0.1, 0.15) is 44.5 Å². The highest BCUT2D eigenvalue weighted by Gasteiger charge is 2.47. The minimum atomic E-state index is -0.498. The molecule has 0 aliphatic heterocycles. The number of rotatable bonds is 10. The Hall–Kier alpha value is -9.56. The molecule has 75 heavy (non-hydrogen) atoms. The van der Waals surface area contributed by atoms with E-state index in [-0.39, 0.29) is 0 Å². The number of hydrogen-bond donors (Lipinski definition) is 0. The Balaban J connectivity index is 0.959. The summed E-state index contributed by atoms with van der Waals surface area (Å²) in [7, 11) is 0. The molecular formula is C74H51N. The number of para-hydroxylation sites is 1. The van der Waals surface area contributed by atoms with E-state index in [9.17, 15) is 0 Å². The fraction of sp³-hybridized carbons (Fsp3) is 0.0270. The summed E-state index contributed by atoms with van der Waals surface area (Å²) in [5, 5.41) is 0. The average molecular weight is 954 g/mol. The third kappa shape index (κ3) is 6.93. The van der Waals surface area contributed by atoms with E-state index >= 15 is 0 Å². The molecule has 1 nitrogen and oxygen atoms in total. The second kappa shape index (κ2) is 18.2. The van der Waals surface area contributed by atoms with Crippen molar-refractivity contribution < 1.29 is 0 Å². The molecule has 12 aromatic rings. The highest BCUT2D eigenvalue weighted by molar-refractivity contribution is 5.96. The lowest BCUT2D eigenvalue weighted by atomic mass is 9.67. The topological polar surface area (TPSA) is 3.24 Å². The Morgan fingerprint density at radius 1 is 0.200 bits per heavy atom. The molecule has 0 bridgehead atoms. The molecule has 14 rings (SSSR count). The van der Waals surface area contributed by atoms with E-state index in [4.69, 9.17) is 0 Å². The van der Waals surface area contributed by atoms with Gasteiger partial charge in [-0.2, -0.15) is 0 Å². The van der Waals surface area contributed by atoms with E-state index in [1.54, 1.807) is 0 Å². The first kappa shape index (κ1) is 44.2. The van der Waals surface area contributed by atoms with Gasteiger partial charge in [-0.05, 0) is 131 Å². The monoisotopic (exact) mass is 953 g/mol. The minimum absolute atomic E-state index is 0.480. The van der Waals surface area contributed by atoms with Gasteiger partial charge in [-0.15, -0.1) is 0 Å². The summed E-state index contributed by atoms with van der Waals surface area (Å²) in [6, 6.07) is 114. The van der Waals surface area contributed by atoms with Crippen LogP contribution in [0.5, 0.6) is 0 Å². The van der Waals surface area contributed by atoms with Crippen molar-refractivity contribution in [2.24, 2.45) is 0 Å². The van der Waals surface area contributed by atoms with Gasteiger partial charge < -0.3 is 4.90 Å². The van der Waals surface area contributed by atoms with Crippen molar-refractivity contribution in [2.45, 2.75) is 10.8 Å². The summed E-state index contributed by atoms with van der Waals surface area (Å²) in [5.41, 5.74) is 24.6. The first-order chi connectivity index (χ1) is 37.2. The maximum absolute atomic E-state index is 2.48. The Morgan fingerprint density at radius 3 is 1.15 bits per heavy atom. The summed E-state index contributed by atoms with van der Waals surface area (Å²) >= 11 is 0. The molecule has 0 atom stereocenters. The minimum Gasteiger partial charge on any atom is -0.310 e. The molecule has 0 spiro atoms. The van der Waals surface area contributed by atoms with E-state index in [2.05, 4.69) is 314 Å². The van der Waals surface area contributed by atoms with Gasteiger partial charge in [0.1, 0.15) is 0 Å². The highest BCUT2D eigenvalue weighted by Crippen LogP contribution is 2.59. The van der Waals surface area contributed by atoms with Crippen molar-refractivity contribution in [1.29, 1.82) is 0 Å². The Labute approximate surface area is 440 Å². The predicted molar refractivity (Wildman–Crippen MR) is 312 cm³/mol. The number of hydrogen-bond acceptors (Lipinski definition) is 1. The fourth-order valence-electron chi connectivity index (χ4n) is 12.9. The van der Waals surface area contributed by atoms with E-state index in [1.807, 2.05) is 0 Å². The summed E-state index contributed by atoms with van der Waals surface area (Å²) in [5.74, 6) is 0. The maximum atomic E-state index is 2.48. The summed E-state index contributed by atoms with van der Waals surface area (Å²) in [4.78, 5) is 2.48. The average Bonchev–Trinajstić information content (AvgIpc) is 4.12. The molecule has 0 radical (unpaired) electrons. The largest absolute Gasteiger partial charge is 0.310 e. The van der Waals surface area contributed by atoms with Gasteiger partial charge in [0.15, 0.2) is 0 Å². The molecule has 2 aliphatic carbocycles. The van der Waals surface area contributed by atoms with Crippen molar-refractivity contribution in [3.8, 4) is 55.6 Å². The van der Waals surface area contributed by atoms with Crippen LogP contribution >= 0.6 is 0 Å². The Morgan fingerprint density at radius 2 is 0.587 bits per heavy atom. The first-order valence-corrected chi connectivity index (χ1v) is 26.1. The molecule has 0 heterocycles. The van der Waals surface area contributed by atoms with Crippen LogP contribution in [0.4, 0.5) is 17.1 Å². The van der Waals surface area contributed by atoms with Gasteiger partial charge in [0, 0.05) is 16.9 Å². The lowest BCUT2D eigenvalue weighted by molar-refractivity contribution is 0.768. The fourth-order valence-corrected chi connectivity index (χ4v) is 12.9. The lowest BCUT2D eigenvalue weighted by Crippen LogP contribution is -2.28. The molecule has 2 aliphatic rings. The Kier molecular flexibility index (Phi) is 10.7. The molecule has 0 unspecified atom stereocenters. The molecule has 0 N–H and O–H groups in total. The van der Waals surface area contributed by atoms with Crippen molar-refractivity contribution >= 4 is 17.1 Å². The van der Waals surface area contributed by atoms with Gasteiger partial charge >= 0.3 is 0 Å². The molecular weight excluding hydrogens is 903 g/mol. The summed E-state index contributed by atoms with van der Waals surface area (Å²) < 4.78 is 0. The number of anilines is 3. The van der Waals surface area contributed by atoms with Gasteiger partial charge in [-0.3, -0.25) is 0 Å². The van der Waals surface area contributed by atoms with Gasteiger partial charge in [-0.1, -0.05) is 273 Å². The van der Waals surface area contributed by atoms with Gasteiger partial charge in [0.25, 0.3) is 0 Å². The van der Waals surface area contributed by atoms with E-state index in [0.29, 0.717) is 0 Å². The molecule has 1 heteroatoms. The standard InChI is InChI=1S/C74H51N/c1-6-24-53(25-7-1)61-34-16-17-35-62(61)66-38-20-23-41-72(66)75(60-47-49-70-67(51-60)64-37-19-22-40-69(64)73(70,55-26-8-2-9-27-55)56-28-10-3-11-29-56)59-45-42-52(43-46-59)54-44-48-65-63-36-18-21-39-68(63)74(71(65)50-54,57-30-12-4-13-31-57)58-32-14-5-15-33-58/h1-51H. The molecule has 0 amide bonds. The summed E-state index contributed by atoms with van der Waals surface area (Å²) in [6.45, 7) is 0. The molecule has 0 saturated heterocycles. The second-order valence-electron chi connectivity index (χ2n) is 19.9. The molecule has 352 valence electrons. The number of benzene rings is 12. The van der Waals surface area contributed by atoms with Gasteiger partial charge in [-0.25, -0.2) is 0 Å².